The minimum atomic E-state index is -0.815. The highest BCUT2D eigenvalue weighted by Gasteiger charge is 2.20. The first-order chi connectivity index (χ1) is 9.15. The number of nitrogens with zero attached hydrogens (tertiary/aromatic N) is 2. The Morgan fingerprint density at radius 1 is 1.63 bits per heavy atom. The van der Waals surface area contributed by atoms with Crippen molar-refractivity contribution in [1.82, 2.24) is 9.55 Å². The third kappa shape index (κ3) is 5.24. The minimum absolute atomic E-state index is 0.0502. The highest BCUT2D eigenvalue weighted by atomic mass is 32.2. The van der Waals surface area contributed by atoms with Gasteiger partial charge in [0.15, 0.2) is 5.16 Å². The lowest BCUT2D eigenvalue weighted by Crippen LogP contribution is -2.06. The fraction of sp³-hybridized carbons (Fsp3) is 0.692. The number of hydrogen-bond acceptors (Lipinski definition) is 4. The van der Waals surface area contributed by atoms with Crippen molar-refractivity contribution in [3.05, 3.63) is 11.9 Å². The number of aromatic nitrogens is 2. The van der Waals surface area contributed by atoms with Crippen molar-refractivity contribution in [3.63, 3.8) is 0 Å². The number of rotatable bonds is 9. The molecule has 19 heavy (non-hydrogen) atoms. The zero-order chi connectivity index (χ0) is 13.7. The Morgan fingerprint density at radius 3 is 3.11 bits per heavy atom. The number of carbonyl (C=O) groups is 1. The molecule has 0 aliphatic heterocycles. The molecule has 0 saturated heterocycles. The van der Waals surface area contributed by atoms with Crippen LogP contribution in [0, 0.1) is 12.8 Å². The summed E-state index contributed by atoms with van der Waals surface area (Å²) in [5, 5.41) is 9.48. The monoisotopic (exact) mass is 284 g/mol. The van der Waals surface area contributed by atoms with Crippen molar-refractivity contribution in [1.29, 1.82) is 0 Å². The first-order valence-electron chi connectivity index (χ1n) is 6.61. The van der Waals surface area contributed by atoms with Gasteiger partial charge in [-0.1, -0.05) is 11.8 Å². The lowest BCUT2D eigenvalue weighted by molar-refractivity contribution is -0.133. The van der Waals surface area contributed by atoms with E-state index in [9.17, 15) is 4.79 Å². The zero-order valence-corrected chi connectivity index (χ0v) is 12.0. The van der Waals surface area contributed by atoms with Crippen LogP contribution in [0.25, 0.3) is 0 Å². The summed E-state index contributed by atoms with van der Waals surface area (Å²) in [5.41, 5.74) is 0.923. The maximum atomic E-state index is 10.6. The van der Waals surface area contributed by atoms with Gasteiger partial charge in [-0.25, -0.2) is 4.98 Å². The maximum Gasteiger partial charge on any atom is 0.313 e. The second-order valence-electron chi connectivity index (χ2n) is 4.91. The van der Waals surface area contributed by atoms with Gasteiger partial charge in [0, 0.05) is 26.0 Å². The summed E-state index contributed by atoms with van der Waals surface area (Å²) in [5.74, 6) is 0.0383. The van der Waals surface area contributed by atoms with Crippen LogP contribution in [0.5, 0.6) is 0 Å². The summed E-state index contributed by atoms with van der Waals surface area (Å²) >= 11 is 1.27. The van der Waals surface area contributed by atoms with Gasteiger partial charge in [0.05, 0.1) is 11.4 Å². The Bertz CT molecular complexity index is 430. The number of thioether (sulfide) groups is 1. The number of carboxylic acids is 1. The van der Waals surface area contributed by atoms with Crippen molar-refractivity contribution in [2.45, 2.75) is 37.9 Å². The lowest BCUT2D eigenvalue weighted by Gasteiger charge is -2.07. The Balaban J connectivity index is 1.72. The quantitative estimate of drug-likeness (QED) is 0.556. The van der Waals surface area contributed by atoms with Crippen LogP contribution < -0.4 is 0 Å². The van der Waals surface area contributed by atoms with Crippen molar-refractivity contribution in [3.8, 4) is 0 Å². The summed E-state index contributed by atoms with van der Waals surface area (Å²) < 4.78 is 7.61. The van der Waals surface area contributed by atoms with Crippen molar-refractivity contribution in [2.75, 3.05) is 19.0 Å². The normalized spacial score (nSPS) is 14.8. The van der Waals surface area contributed by atoms with E-state index in [1.165, 1.54) is 24.6 Å². The van der Waals surface area contributed by atoms with Gasteiger partial charge < -0.3 is 14.4 Å². The molecule has 0 spiro atoms. The van der Waals surface area contributed by atoms with Crippen LogP contribution in [0.4, 0.5) is 0 Å². The molecule has 0 aromatic carbocycles. The molecule has 1 aromatic heterocycles. The van der Waals surface area contributed by atoms with E-state index in [1.807, 2.05) is 17.7 Å². The highest BCUT2D eigenvalue weighted by Crippen LogP contribution is 2.28. The summed E-state index contributed by atoms with van der Waals surface area (Å²) in [6.07, 6.45) is 5.53. The van der Waals surface area contributed by atoms with E-state index in [4.69, 9.17) is 9.84 Å². The van der Waals surface area contributed by atoms with Crippen LogP contribution in [0.15, 0.2) is 11.4 Å². The second-order valence-corrected chi connectivity index (χ2v) is 5.86. The van der Waals surface area contributed by atoms with Crippen LogP contribution in [-0.2, 0) is 16.1 Å². The third-order valence-electron chi connectivity index (χ3n) is 2.92. The van der Waals surface area contributed by atoms with Crippen LogP contribution in [0.2, 0.25) is 0 Å². The van der Waals surface area contributed by atoms with Gasteiger partial charge in [0.25, 0.3) is 0 Å². The minimum Gasteiger partial charge on any atom is -0.481 e. The molecule has 0 bridgehead atoms. The molecule has 1 aliphatic carbocycles. The standard InChI is InChI=1S/C13H20N2O3S/c1-10-7-15(13(14-10)19-9-12(16)17)5-2-6-18-8-11-3-4-11/h7,11H,2-6,8-9H2,1H3,(H,16,17). The molecular weight excluding hydrogens is 264 g/mol. The summed E-state index contributed by atoms with van der Waals surface area (Å²) in [4.78, 5) is 14.9. The van der Waals surface area contributed by atoms with E-state index in [0.29, 0.717) is 0 Å². The Kier molecular flexibility index (Phi) is 5.27. The molecule has 1 heterocycles. The highest BCUT2D eigenvalue weighted by molar-refractivity contribution is 7.99. The summed E-state index contributed by atoms with van der Waals surface area (Å²) in [6, 6.07) is 0. The van der Waals surface area contributed by atoms with Crippen LogP contribution in [0.1, 0.15) is 25.0 Å². The van der Waals surface area contributed by atoms with Crippen molar-refractivity contribution < 1.29 is 14.6 Å². The van der Waals surface area contributed by atoms with E-state index >= 15 is 0 Å². The Hall–Kier alpha value is -1.01. The molecule has 0 amide bonds. The number of ether oxygens (including phenoxy) is 1. The number of hydrogen-bond donors (Lipinski definition) is 1. The molecule has 5 nitrogen and oxygen atoms in total. The van der Waals surface area contributed by atoms with E-state index in [1.54, 1.807) is 0 Å². The van der Waals surface area contributed by atoms with Gasteiger partial charge in [0.2, 0.25) is 0 Å². The molecule has 1 saturated carbocycles. The number of aryl methyl sites for hydroxylation is 2. The van der Waals surface area contributed by atoms with Crippen LogP contribution >= 0.6 is 11.8 Å². The topological polar surface area (TPSA) is 64.3 Å². The predicted octanol–water partition coefficient (Wildman–Crippen LogP) is 2.18. The van der Waals surface area contributed by atoms with Gasteiger partial charge in [0.1, 0.15) is 0 Å². The van der Waals surface area contributed by atoms with Gasteiger partial charge in [-0.05, 0) is 32.1 Å². The fourth-order valence-electron chi connectivity index (χ4n) is 1.80. The Morgan fingerprint density at radius 2 is 2.42 bits per heavy atom. The summed E-state index contributed by atoms with van der Waals surface area (Å²) in [6.45, 7) is 4.40. The molecule has 2 rings (SSSR count). The lowest BCUT2D eigenvalue weighted by atomic mass is 10.4. The predicted molar refractivity (Wildman–Crippen MR) is 73.5 cm³/mol. The van der Waals surface area contributed by atoms with E-state index in [2.05, 4.69) is 4.98 Å². The smallest absolute Gasteiger partial charge is 0.313 e. The molecule has 0 radical (unpaired) electrons. The molecule has 6 heteroatoms. The zero-order valence-electron chi connectivity index (χ0n) is 11.2. The fourth-order valence-corrected chi connectivity index (χ4v) is 2.57. The molecule has 0 unspecified atom stereocenters. The molecule has 106 valence electrons. The van der Waals surface area contributed by atoms with E-state index in [-0.39, 0.29) is 5.75 Å². The van der Waals surface area contributed by atoms with Crippen LogP contribution in [-0.4, -0.2) is 39.6 Å². The first-order valence-corrected chi connectivity index (χ1v) is 7.60. The molecule has 1 N–H and O–H groups in total. The Labute approximate surface area is 117 Å². The van der Waals surface area contributed by atoms with Crippen LogP contribution in [0.3, 0.4) is 0 Å². The molecule has 0 atom stereocenters. The van der Waals surface area contributed by atoms with Gasteiger partial charge >= 0.3 is 5.97 Å². The largest absolute Gasteiger partial charge is 0.481 e. The van der Waals surface area contributed by atoms with Crippen molar-refractivity contribution >= 4 is 17.7 Å². The third-order valence-corrected chi connectivity index (χ3v) is 3.90. The number of aliphatic carboxylic acids is 1. The van der Waals surface area contributed by atoms with Gasteiger partial charge in [-0.15, -0.1) is 0 Å². The SMILES string of the molecule is Cc1cn(CCCOCC2CC2)c(SCC(=O)O)n1. The molecule has 1 aliphatic rings. The average molecular weight is 284 g/mol. The number of imidazole rings is 1. The second kappa shape index (κ2) is 6.96. The first kappa shape index (κ1) is 14.4. The average Bonchev–Trinajstić information content (AvgIpc) is 3.10. The number of carboxylic acid groups (broad SMARTS) is 1. The molecule has 1 aromatic rings. The van der Waals surface area contributed by atoms with E-state index in [0.717, 1.165) is 42.9 Å². The molecule has 1 fully saturated rings. The maximum absolute atomic E-state index is 10.6. The molecular formula is C13H20N2O3S. The van der Waals surface area contributed by atoms with Crippen molar-refractivity contribution in [2.24, 2.45) is 5.92 Å². The van der Waals surface area contributed by atoms with Gasteiger partial charge in [-0.2, -0.15) is 0 Å². The summed E-state index contributed by atoms with van der Waals surface area (Å²) in [7, 11) is 0. The van der Waals surface area contributed by atoms with Gasteiger partial charge in [-0.3, -0.25) is 4.79 Å². The van der Waals surface area contributed by atoms with E-state index < -0.39 is 5.97 Å².